The minimum absolute atomic E-state index is 0.286. The van der Waals surface area contributed by atoms with Crippen molar-refractivity contribution in [2.24, 2.45) is 0 Å². The van der Waals surface area contributed by atoms with Crippen LogP contribution in [0.1, 0.15) is 5.56 Å². The van der Waals surface area contributed by atoms with Gasteiger partial charge < -0.3 is 10.5 Å². The number of aromatic nitrogens is 2. The van der Waals surface area contributed by atoms with Crippen LogP contribution in [0.3, 0.4) is 0 Å². The van der Waals surface area contributed by atoms with Gasteiger partial charge in [-0.1, -0.05) is 29.3 Å². The van der Waals surface area contributed by atoms with Gasteiger partial charge in [0.1, 0.15) is 12.4 Å². The smallest absolute Gasteiger partial charge is 0.234 e. The molecule has 17 heavy (non-hydrogen) atoms. The van der Waals surface area contributed by atoms with Gasteiger partial charge in [0.25, 0.3) is 0 Å². The first-order valence-electron chi connectivity index (χ1n) is 4.79. The van der Waals surface area contributed by atoms with Crippen LogP contribution in [0.5, 0.6) is 5.88 Å². The molecule has 2 N–H and O–H groups in total. The summed E-state index contributed by atoms with van der Waals surface area (Å²) in [5, 5.41) is 1.14. The third-order valence-corrected chi connectivity index (χ3v) is 2.61. The van der Waals surface area contributed by atoms with Crippen LogP contribution in [0.4, 0.5) is 5.82 Å². The lowest BCUT2D eigenvalue weighted by Gasteiger charge is -2.07. The second-order valence-electron chi connectivity index (χ2n) is 3.31. The number of rotatable bonds is 3. The van der Waals surface area contributed by atoms with E-state index in [1.165, 1.54) is 12.4 Å². The van der Waals surface area contributed by atoms with Crippen molar-refractivity contribution in [1.29, 1.82) is 0 Å². The number of benzene rings is 1. The maximum absolute atomic E-state index is 6.00. The Kier molecular flexibility index (Phi) is 3.66. The molecule has 0 unspecified atom stereocenters. The Labute approximate surface area is 108 Å². The Bertz CT molecular complexity index is 534. The average molecular weight is 270 g/mol. The van der Waals surface area contributed by atoms with Gasteiger partial charge in [0.05, 0.1) is 12.4 Å². The maximum atomic E-state index is 6.00. The van der Waals surface area contributed by atoms with E-state index in [-0.39, 0.29) is 6.61 Å². The summed E-state index contributed by atoms with van der Waals surface area (Å²) in [7, 11) is 0. The van der Waals surface area contributed by atoms with Crippen LogP contribution in [0.25, 0.3) is 0 Å². The number of ether oxygens (including phenoxy) is 1. The fourth-order valence-corrected chi connectivity index (χ4v) is 1.69. The minimum atomic E-state index is 0.286. The normalized spacial score (nSPS) is 10.2. The van der Waals surface area contributed by atoms with Gasteiger partial charge in [-0.3, -0.25) is 4.98 Å². The van der Waals surface area contributed by atoms with Crippen LogP contribution >= 0.6 is 23.2 Å². The first-order valence-corrected chi connectivity index (χ1v) is 5.55. The summed E-state index contributed by atoms with van der Waals surface area (Å²) in [6.07, 6.45) is 2.93. The molecule has 0 aliphatic carbocycles. The number of hydrogen-bond acceptors (Lipinski definition) is 4. The number of nitrogen functional groups attached to an aromatic ring is 1. The molecular formula is C11H9Cl2N3O. The van der Waals surface area contributed by atoms with Crippen LogP contribution in [0.2, 0.25) is 10.0 Å². The molecule has 4 nitrogen and oxygen atoms in total. The van der Waals surface area contributed by atoms with Gasteiger partial charge in [-0.05, 0) is 12.1 Å². The van der Waals surface area contributed by atoms with Gasteiger partial charge in [0, 0.05) is 15.6 Å². The predicted octanol–water partition coefficient (Wildman–Crippen LogP) is 2.94. The Morgan fingerprint density at radius 1 is 1.24 bits per heavy atom. The second kappa shape index (κ2) is 5.21. The third-order valence-electron chi connectivity index (χ3n) is 2.02. The molecule has 0 spiro atoms. The zero-order chi connectivity index (χ0) is 12.3. The summed E-state index contributed by atoms with van der Waals surface area (Å²) < 4.78 is 5.41. The molecule has 1 aromatic carbocycles. The predicted molar refractivity (Wildman–Crippen MR) is 67.2 cm³/mol. The highest BCUT2D eigenvalue weighted by Crippen LogP contribution is 2.22. The van der Waals surface area contributed by atoms with E-state index in [0.717, 1.165) is 5.56 Å². The highest BCUT2D eigenvalue weighted by atomic mass is 35.5. The quantitative estimate of drug-likeness (QED) is 0.931. The molecule has 88 valence electrons. The molecule has 6 heteroatoms. The number of anilines is 1. The fourth-order valence-electron chi connectivity index (χ4n) is 1.22. The lowest BCUT2D eigenvalue weighted by Crippen LogP contribution is -2.00. The summed E-state index contributed by atoms with van der Waals surface area (Å²) in [4.78, 5) is 7.83. The molecule has 0 radical (unpaired) electrons. The summed E-state index contributed by atoms with van der Waals surface area (Å²) >= 11 is 11.8. The van der Waals surface area contributed by atoms with Crippen LogP contribution in [-0.4, -0.2) is 9.97 Å². The van der Waals surface area contributed by atoms with E-state index >= 15 is 0 Å². The minimum Gasteiger partial charge on any atom is -0.472 e. The van der Waals surface area contributed by atoms with Gasteiger partial charge in [0.2, 0.25) is 5.88 Å². The first kappa shape index (κ1) is 12.0. The van der Waals surface area contributed by atoms with Crippen molar-refractivity contribution in [2.75, 3.05) is 5.73 Å². The standard InChI is InChI=1S/C11H9Cl2N3O/c12-8-2-1-7(9(13)3-8)6-17-11-5-15-4-10(14)16-11/h1-5H,6H2,(H2,14,16). The van der Waals surface area contributed by atoms with Crippen LogP contribution in [0, 0.1) is 0 Å². The Balaban J connectivity index is 2.07. The van der Waals surface area contributed by atoms with E-state index in [2.05, 4.69) is 9.97 Å². The number of hydrogen-bond donors (Lipinski definition) is 1. The molecule has 0 bridgehead atoms. The van der Waals surface area contributed by atoms with E-state index in [4.69, 9.17) is 33.7 Å². The zero-order valence-electron chi connectivity index (χ0n) is 8.73. The summed E-state index contributed by atoms with van der Waals surface area (Å²) in [6, 6.07) is 5.20. The van der Waals surface area contributed by atoms with Crippen LogP contribution < -0.4 is 10.5 Å². The molecular weight excluding hydrogens is 261 g/mol. The maximum Gasteiger partial charge on any atom is 0.234 e. The second-order valence-corrected chi connectivity index (χ2v) is 4.15. The molecule has 0 saturated heterocycles. The SMILES string of the molecule is Nc1cncc(OCc2ccc(Cl)cc2Cl)n1. The van der Waals surface area contributed by atoms with E-state index in [9.17, 15) is 0 Å². The van der Waals surface area contributed by atoms with Gasteiger partial charge >= 0.3 is 0 Å². The molecule has 0 saturated carbocycles. The Hall–Kier alpha value is -1.52. The average Bonchev–Trinajstić information content (AvgIpc) is 2.28. The Morgan fingerprint density at radius 2 is 2.06 bits per heavy atom. The van der Waals surface area contributed by atoms with Gasteiger partial charge in [-0.2, -0.15) is 4.98 Å². The van der Waals surface area contributed by atoms with Crippen molar-refractivity contribution in [3.8, 4) is 5.88 Å². The number of nitrogens with two attached hydrogens (primary N) is 1. The van der Waals surface area contributed by atoms with Crippen molar-refractivity contribution < 1.29 is 4.74 Å². The zero-order valence-corrected chi connectivity index (χ0v) is 10.2. The topological polar surface area (TPSA) is 61.0 Å². The van der Waals surface area contributed by atoms with E-state index < -0.39 is 0 Å². The number of halogens is 2. The summed E-state index contributed by atoms with van der Waals surface area (Å²) in [6.45, 7) is 0.286. The van der Waals surface area contributed by atoms with Crippen molar-refractivity contribution in [1.82, 2.24) is 9.97 Å². The molecule has 1 aromatic heterocycles. The van der Waals surface area contributed by atoms with Gasteiger partial charge in [-0.25, -0.2) is 0 Å². The van der Waals surface area contributed by atoms with Gasteiger partial charge in [-0.15, -0.1) is 0 Å². The van der Waals surface area contributed by atoms with Crippen molar-refractivity contribution in [3.05, 3.63) is 46.2 Å². The summed E-state index contributed by atoms with van der Waals surface area (Å²) in [5.41, 5.74) is 6.30. The van der Waals surface area contributed by atoms with Crippen molar-refractivity contribution in [2.45, 2.75) is 6.61 Å². The van der Waals surface area contributed by atoms with Crippen LogP contribution in [0.15, 0.2) is 30.6 Å². The molecule has 0 atom stereocenters. The highest BCUT2D eigenvalue weighted by Gasteiger charge is 2.03. The lowest BCUT2D eigenvalue weighted by molar-refractivity contribution is 0.293. The highest BCUT2D eigenvalue weighted by molar-refractivity contribution is 6.35. The first-order chi connectivity index (χ1) is 8.15. The molecule has 0 amide bonds. The molecule has 1 heterocycles. The van der Waals surface area contributed by atoms with E-state index in [1.54, 1.807) is 18.2 Å². The molecule has 0 fully saturated rings. The van der Waals surface area contributed by atoms with Crippen LogP contribution in [-0.2, 0) is 6.61 Å². The number of nitrogens with zero attached hydrogens (tertiary/aromatic N) is 2. The third kappa shape index (κ3) is 3.22. The largest absolute Gasteiger partial charge is 0.472 e. The van der Waals surface area contributed by atoms with E-state index in [1.807, 2.05) is 0 Å². The fraction of sp³-hybridized carbons (Fsp3) is 0.0909. The molecule has 2 rings (SSSR count). The monoisotopic (exact) mass is 269 g/mol. The molecule has 0 aliphatic rings. The van der Waals surface area contributed by atoms with Gasteiger partial charge in [0.15, 0.2) is 0 Å². The molecule has 2 aromatic rings. The lowest BCUT2D eigenvalue weighted by atomic mass is 10.2. The Morgan fingerprint density at radius 3 is 2.76 bits per heavy atom. The van der Waals surface area contributed by atoms with Crippen molar-refractivity contribution >= 4 is 29.0 Å². The molecule has 0 aliphatic heterocycles. The van der Waals surface area contributed by atoms with Crippen molar-refractivity contribution in [3.63, 3.8) is 0 Å². The van der Waals surface area contributed by atoms with E-state index in [0.29, 0.717) is 21.7 Å². The summed E-state index contributed by atoms with van der Waals surface area (Å²) in [5.74, 6) is 0.667.